The molecule has 1 atom stereocenters. The van der Waals surface area contributed by atoms with E-state index in [1.54, 1.807) is 13.3 Å². The van der Waals surface area contributed by atoms with E-state index < -0.39 is 9.84 Å². The Morgan fingerprint density at radius 2 is 2.16 bits per heavy atom. The molecule has 1 aromatic heterocycles. The molecule has 2 aromatic rings. The lowest BCUT2D eigenvalue weighted by atomic mass is 10.1. The first-order chi connectivity index (χ1) is 12.1. The molecule has 0 amide bonds. The second kappa shape index (κ2) is 7.84. The Bertz CT molecular complexity index is 809. The quantitative estimate of drug-likeness (QED) is 0.811. The summed E-state index contributed by atoms with van der Waals surface area (Å²) in [5.41, 5.74) is 1.78. The van der Waals surface area contributed by atoms with Crippen molar-refractivity contribution in [3.05, 3.63) is 53.9 Å². The lowest BCUT2D eigenvalue weighted by Gasteiger charge is -2.15. The van der Waals surface area contributed by atoms with Gasteiger partial charge < -0.3 is 14.8 Å². The van der Waals surface area contributed by atoms with Crippen molar-refractivity contribution < 1.29 is 17.9 Å². The Morgan fingerprint density at radius 3 is 2.84 bits per heavy atom. The van der Waals surface area contributed by atoms with Crippen LogP contribution in [-0.2, 0) is 23.0 Å². The number of rotatable bonds is 7. The van der Waals surface area contributed by atoms with Crippen LogP contribution in [0.4, 0.5) is 0 Å². The molecule has 0 bridgehead atoms. The van der Waals surface area contributed by atoms with E-state index in [0.29, 0.717) is 19.6 Å². The normalized spacial score (nSPS) is 18.8. The number of benzene rings is 1. The lowest BCUT2D eigenvalue weighted by Crippen LogP contribution is -2.29. The third-order valence-corrected chi connectivity index (χ3v) is 5.95. The molecule has 1 N–H and O–H groups in total. The molecular weight excluding hydrogens is 340 g/mol. The first-order valence-electron chi connectivity index (χ1n) is 8.19. The van der Waals surface area contributed by atoms with Gasteiger partial charge in [0.15, 0.2) is 9.84 Å². The Kier molecular flexibility index (Phi) is 5.55. The van der Waals surface area contributed by atoms with Crippen LogP contribution in [0.3, 0.4) is 0 Å². The minimum absolute atomic E-state index is 0.0140. The Hall–Kier alpha value is -2.12. The van der Waals surface area contributed by atoms with Gasteiger partial charge in [-0.25, -0.2) is 8.42 Å². The highest BCUT2D eigenvalue weighted by molar-refractivity contribution is 7.91. The molecule has 1 aromatic carbocycles. The van der Waals surface area contributed by atoms with Gasteiger partial charge in [-0.1, -0.05) is 6.07 Å². The van der Waals surface area contributed by atoms with Gasteiger partial charge in [0.25, 0.3) is 0 Å². The Morgan fingerprint density at radius 1 is 1.28 bits per heavy atom. The van der Waals surface area contributed by atoms with Crippen LogP contribution >= 0.6 is 0 Å². The fourth-order valence-electron chi connectivity index (χ4n) is 2.81. The molecule has 1 aliphatic heterocycles. The van der Waals surface area contributed by atoms with Gasteiger partial charge in [-0.05, 0) is 36.8 Å². The number of sulfone groups is 1. The van der Waals surface area contributed by atoms with E-state index in [1.807, 2.05) is 36.4 Å². The van der Waals surface area contributed by atoms with E-state index >= 15 is 0 Å². The summed E-state index contributed by atoms with van der Waals surface area (Å²) in [4.78, 5) is 4.25. The summed E-state index contributed by atoms with van der Waals surface area (Å²) < 4.78 is 34.4. The first kappa shape index (κ1) is 17.7. The van der Waals surface area contributed by atoms with Gasteiger partial charge in [0.05, 0.1) is 24.3 Å². The third kappa shape index (κ3) is 4.93. The zero-order chi connectivity index (χ0) is 17.7. The summed E-state index contributed by atoms with van der Waals surface area (Å²) in [6.07, 6.45) is 2.38. The summed E-state index contributed by atoms with van der Waals surface area (Å²) in [5, 5.41) is 3.31. The predicted octanol–water partition coefficient (Wildman–Crippen LogP) is 1.95. The van der Waals surface area contributed by atoms with Crippen LogP contribution in [0.2, 0.25) is 0 Å². The van der Waals surface area contributed by atoms with E-state index in [2.05, 4.69) is 10.3 Å². The molecule has 0 spiro atoms. The van der Waals surface area contributed by atoms with Crippen molar-refractivity contribution in [2.24, 2.45) is 0 Å². The van der Waals surface area contributed by atoms with Gasteiger partial charge in [-0.2, -0.15) is 0 Å². The van der Waals surface area contributed by atoms with Gasteiger partial charge >= 0.3 is 0 Å². The van der Waals surface area contributed by atoms with Crippen LogP contribution in [-0.4, -0.2) is 38.1 Å². The van der Waals surface area contributed by atoms with Gasteiger partial charge in [0.2, 0.25) is 0 Å². The topological polar surface area (TPSA) is 77.5 Å². The van der Waals surface area contributed by atoms with Gasteiger partial charge in [0, 0.05) is 24.3 Å². The van der Waals surface area contributed by atoms with Gasteiger partial charge in [-0.3, -0.25) is 4.98 Å². The average molecular weight is 362 g/mol. The van der Waals surface area contributed by atoms with E-state index in [1.165, 1.54) is 0 Å². The summed E-state index contributed by atoms with van der Waals surface area (Å²) >= 11 is 0. The van der Waals surface area contributed by atoms with Crippen molar-refractivity contribution in [1.29, 1.82) is 0 Å². The molecule has 1 unspecified atom stereocenters. The number of hydrogen-bond acceptors (Lipinski definition) is 6. The zero-order valence-corrected chi connectivity index (χ0v) is 15.0. The van der Waals surface area contributed by atoms with Crippen LogP contribution in [0.1, 0.15) is 17.7 Å². The number of nitrogens with one attached hydrogen (secondary N) is 1. The molecule has 134 valence electrons. The fourth-order valence-corrected chi connectivity index (χ4v) is 4.52. The minimum atomic E-state index is -2.90. The highest BCUT2D eigenvalue weighted by Gasteiger charge is 2.27. The minimum Gasteiger partial charge on any atom is -0.497 e. The van der Waals surface area contributed by atoms with E-state index in [-0.39, 0.29) is 17.5 Å². The third-order valence-electron chi connectivity index (χ3n) is 4.18. The number of pyridine rings is 1. The molecular formula is C18H22N2O4S. The Labute approximate surface area is 148 Å². The van der Waals surface area contributed by atoms with Crippen molar-refractivity contribution in [2.75, 3.05) is 18.6 Å². The molecule has 1 fully saturated rings. The molecule has 0 aliphatic carbocycles. The van der Waals surface area contributed by atoms with Crippen LogP contribution in [0.25, 0.3) is 0 Å². The largest absolute Gasteiger partial charge is 0.497 e. The molecule has 0 saturated carbocycles. The van der Waals surface area contributed by atoms with E-state index in [4.69, 9.17) is 9.47 Å². The molecule has 6 nitrogen and oxygen atoms in total. The zero-order valence-electron chi connectivity index (χ0n) is 14.1. The number of aromatic nitrogens is 1. The first-order valence-corrected chi connectivity index (χ1v) is 10.0. The summed E-state index contributed by atoms with van der Waals surface area (Å²) in [6.45, 7) is 0.896. The number of methoxy groups -OCH3 is 1. The highest BCUT2D eigenvalue weighted by Crippen LogP contribution is 2.25. The van der Waals surface area contributed by atoms with Gasteiger partial charge in [-0.15, -0.1) is 0 Å². The lowest BCUT2D eigenvalue weighted by molar-refractivity contribution is 0.296. The van der Waals surface area contributed by atoms with Crippen molar-refractivity contribution in [1.82, 2.24) is 10.3 Å². The summed E-state index contributed by atoms with van der Waals surface area (Å²) in [6, 6.07) is 11.3. The van der Waals surface area contributed by atoms with Gasteiger partial charge in [0.1, 0.15) is 18.1 Å². The number of ether oxygens (including phenoxy) is 2. The monoisotopic (exact) mass is 362 g/mol. The standard InChI is InChI=1S/C18H22N2O4S/c1-23-17-5-6-18(24-12-15-4-2-3-8-19-15)14(10-17)11-20-16-7-9-25(21,22)13-16/h2-6,8,10,16,20H,7,9,11-13H2,1H3. The molecule has 2 heterocycles. The summed E-state index contributed by atoms with van der Waals surface area (Å²) in [7, 11) is -1.28. The highest BCUT2D eigenvalue weighted by atomic mass is 32.2. The molecule has 1 saturated heterocycles. The summed E-state index contributed by atoms with van der Waals surface area (Å²) in [5.74, 6) is 1.92. The van der Waals surface area contributed by atoms with Crippen LogP contribution in [0.5, 0.6) is 11.5 Å². The SMILES string of the molecule is COc1ccc(OCc2ccccn2)c(CNC2CCS(=O)(=O)C2)c1. The van der Waals surface area contributed by atoms with Crippen LogP contribution in [0.15, 0.2) is 42.6 Å². The smallest absolute Gasteiger partial charge is 0.151 e. The van der Waals surface area contributed by atoms with Crippen molar-refractivity contribution in [3.8, 4) is 11.5 Å². The number of hydrogen-bond donors (Lipinski definition) is 1. The maximum absolute atomic E-state index is 11.6. The van der Waals surface area contributed by atoms with E-state index in [9.17, 15) is 8.42 Å². The maximum Gasteiger partial charge on any atom is 0.151 e. The molecule has 1 aliphatic rings. The second-order valence-corrected chi connectivity index (χ2v) is 8.29. The Balaban J connectivity index is 1.67. The number of nitrogens with zero attached hydrogens (tertiary/aromatic N) is 1. The molecule has 3 rings (SSSR count). The molecule has 7 heteroatoms. The molecule has 25 heavy (non-hydrogen) atoms. The van der Waals surface area contributed by atoms with Crippen LogP contribution in [0, 0.1) is 0 Å². The van der Waals surface area contributed by atoms with Crippen LogP contribution < -0.4 is 14.8 Å². The second-order valence-electron chi connectivity index (χ2n) is 6.06. The van der Waals surface area contributed by atoms with Crippen molar-refractivity contribution in [3.63, 3.8) is 0 Å². The maximum atomic E-state index is 11.6. The fraction of sp³-hybridized carbons (Fsp3) is 0.389. The van der Waals surface area contributed by atoms with E-state index in [0.717, 1.165) is 22.8 Å². The van der Waals surface area contributed by atoms with Crippen molar-refractivity contribution in [2.45, 2.75) is 25.6 Å². The average Bonchev–Trinajstić information content (AvgIpc) is 2.98. The molecule has 0 radical (unpaired) electrons. The predicted molar refractivity (Wildman–Crippen MR) is 95.5 cm³/mol. The van der Waals surface area contributed by atoms with Crippen molar-refractivity contribution >= 4 is 9.84 Å².